The number of aliphatic hydroxyl groups excluding tert-OH is 1. The van der Waals surface area contributed by atoms with Crippen molar-refractivity contribution in [3.8, 4) is 11.8 Å². The van der Waals surface area contributed by atoms with Crippen LogP contribution in [0.15, 0.2) is 29.2 Å². The molecular weight excluding hydrogens is 294 g/mol. The van der Waals surface area contributed by atoms with Crippen molar-refractivity contribution in [3.05, 3.63) is 29.8 Å². The quantitative estimate of drug-likeness (QED) is 0.621. The molecule has 1 N–H and O–H groups in total. The van der Waals surface area contributed by atoms with Crippen molar-refractivity contribution in [2.24, 2.45) is 0 Å². The zero-order valence-electron chi connectivity index (χ0n) is 11.9. The Kier molecular flexibility index (Phi) is 6.37. The van der Waals surface area contributed by atoms with Crippen molar-refractivity contribution >= 4 is 16.0 Å². The molecule has 114 valence electrons. The highest BCUT2D eigenvalue weighted by Crippen LogP contribution is 2.14. The van der Waals surface area contributed by atoms with Crippen LogP contribution in [0.5, 0.6) is 0 Å². The first-order valence-electron chi connectivity index (χ1n) is 6.23. The smallest absolute Gasteiger partial charge is 0.321 e. The molecule has 21 heavy (non-hydrogen) atoms. The lowest BCUT2D eigenvalue weighted by Gasteiger charge is -2.16. The Bertz CT molecular complexity index is 640. The van der Waals surface area contributed by atoms with Crippen molar-refractivity contribution in [3.63, 3.8) is 0 Å². The topological polar surface area (TPSA) is 83.9 Å². The van der Waals surface area contributed by atoms with Gasteiger partial charge >= 0.3 is 5.97 Å². The van der Waals surface area contributed by atoms with Crippen LogP contribution in [-0.2, 0) is 19.6 Å². The van der Waals surface area contributed by atoms with E-state index in [1.54, 1.807) is 6.92 Å². The molecule has 0 unspecified atom stereocenters. The van der Waals surface area contributed by atoms with Crippen molar-refractivity contribution in [2.45, 2.75) is 11.8 Å². The van der Waals surface area contributed by atoms with Gasteiger partial charge in [-0.15, -0.1) is 0 Å². The minimum Gasteiger partial charge on any atom is -0.465 e. The summed E-state index contributed by atoms with van der Waals surface area (Å²) >= 11 is 0. The molecule has 0 aliphatic carbocycles. The summed E-state index contributed by atoms with van der Waals surface area (Å²) in [6.45, 7) is 1.24. The maximum Gasteiger partial charge on any atom is 0.321 e. The van der Waals surface area contributed by atoms with Gasteiger partial charge in [0.25, 0.3) is 0 Å². The Balaban J connectivity index is 2.89. The molecule has 0 radical (unpaired) electrons. The molecule has 0 aromatic heterocycles. The summed E-state index contributed by atoms with van der Waals surface area (Å²) in [4.78, 5) is 11.4. The second-order valence-electron chi connectivity index (χ2n) is 4.05. The minimum absolute atomic E-state index is 0.0591. The third-order valence-electron chi connectivity index (χ3n) is 2.53. The van der Waals surface area contributed by atoms with Gasteiger partial charge in [0, 0.05) is 12.6 Å². The maximum atomic E-state index is 12.2. The number of nitrogens with zero attached hydrogens (tertiary/aromatic N) is 1. The van der Waals surface area contributed by atoms with Crippen LogP contribution < -0.4 is 0 Å². The van der Waals surface area contributed by atoms with Gasteiger partial charge < -0.3 is 9.84 Å². The summed E-state index contributed by atoms with van der Waals surface area (Å²) in [7, 11) is -2.44. The van der Waals surface area contributed by atoms with Crippen molar-refractivity contribution in [1.29, 1.82) is 0 Å². The van der Waals surface area contributed by atoms with E-state index in [-0.39, 0.29) is 24.7 Å². The van der Waals surface area contributed by atoms with E-state index in [0.29, 0.717) is 5.56 Å². The van der Waals surface area contributed by atoms with Gasteiger partial charge in [0.2, 0.25) is 10.0 Å². The highest BCUT2D eigenvalue weighted by atomic mass is 32.2. The maximum absolute atomic E-state index is 12.2. The summed E-state index contributed by atoms with van der Waals surface area (Å²) in [5.74, 6) is 4.54. The predicted octanol–water partition coefficient (Wildman–Crippen LogP) is 0.214. The fraction of sp³-hybridized carbons (Fsp3) is 0.357. The molecule has 6 nitrogen and oxygen atoms in total. The van der Waals surface area contributed by atoms with Crippen molar-refractivity contribution in [2.75, 3.05) is 26.8 Å². The lowest BCUT2D eigenvalue weighted by atomic mass is 10.2. The van der Waals surface area contributed by atoms with Gasteiger partial charge in [-0.25, -0.2) is 8.42 Å². The summed E-state index contributed by atoms with van der Waals surface area (Å²) in [6.07, 6.45) is 0. The zero-order valence-corrected chi connectivity index (χ0v) is 12.7. The van der Waals surface area contributed by atoms with E-state index in [0.717, 1.165) is 4.31 Å². The normalized spacial score (nSPS) is 10.9. The first kappa shape index (κ1) is 17.2. The third-order valence-corrected chi connectivity index (χ3v) is 4.35. The fourth-order valence-corrected chi connectivity index (χ4v) is 2.62. The van der Waals surface area contributed by atoms with Crippen molar-refractivity contribution in [1.82, 2.24) is 4.31 Å². The zero-order chi connectivity index (χ0) is 15.9. The van der Waals surface area contributed by atoms with E-state index in [4.69, 9.17) is 9.84 Å². The van der Waals surface area contributed by atoms with Crippen LogP contribution in [0.1, 0.15) is 12.5 Å². The molecule has 0 saturated carbocycles. The van der Waals surface area contributed by atoms with Gasteiger partial charge in [-0.1, -0.05) is 11.8 Å². The lowest BCUT2D eigenvalue weighted by Crippen LogP contribution is -2.33. The van der Waals surface area contributed by atoms with E-state index >= 15 is 0 Å². The lowest BCUT2D eigenvalue weighted by molar-refractivity contribution is -0.143. The number of rotatable bonds is 5. The van der Waals surface area contributed by atoms with Gasteiger partial charge in [-0.05, 0) is 31.2 Å². The Hall–Kier alpha value is -1.88. The molecule has 0 amide bonds. The molecule has 0 aliphatic rings. The van der Waals surface area contributed by atoms with Crippen LogP contribution in [0.2, 0.25) is 0 Å². The molecule has 0 fully saturated rings. The molecule has 0 bridgehead atoms. The Morgan fingerprint density at radius 1 is 1.33 bits per heavy atom. The van der Waals surface area contributed by atoms with E-state index < -0.39 is 16.0 Å². The average molecular weight is 311 g/mol. The number of aliphatic hydroxyl groups is 1. The van der Waals surface area contributed by atoms with Crippen LogP contribution in [-0.4, -0.2) is 50.6 Å². The van der Waals surface area contributed by atoms with Crippen molar-refractivity contribution < 1.29 is 23.1 Å². The molecule has 1 aromatic rings. The molecule has 7 heteroatoms. The van der Waals surface area contributed by atoms with Crippen LogP contribution >= 0.6 is 0 Å². The van der Waals surface area contributed by atoms with E-state index in [2.05, 4.69) is 11.8 Å². The summed E-state index contributed by atoms with van der Waals surface area (Å²) in [5, 5.41) is 8.59. The number of carbonyl (C=O) groups excluding carboxylic acids is 1. The molecule has 0 spiro atoms. The predicted molar refractivity (Wildman–Crippen MR) is 76.9 cm³/mol. The number of sulfonamides is 1. The fourth-order valence-electron chi connectivity index (χ4n) is 1.51. The first-order valence-corrected chi connectivity index (χ1v) is 7.67. The number of esters is 1. The van der Waals surface area contributed by atoms with Gasteiger partial charge in [0.15, 0.2) is 0 Å². The molecule has 1 aromatic carbocycles. The van der Waals surface area contributed by atoms with Crippen LogP contribution in [0.25, 0.3) is 0 Å². The first-order chi connectivity index (χ1) is 9.91. The minimum atomic E-state index is -3.75. The van der Waals surface area contributed by atoms with E-state index in [1.165, 1.54) is 31.3 Å². The van der Waals surface area contributed by atoms with Gasteiger partial charge in [0.1, 0.15) is 13.2 Å². The number of likely N-dealkylation sites (N-methyl/N-ethyl adjacent to an activating group) is 1. The molecule has 0 atom stereocenters. The number of hydrogen-bond acceptors (Lipinski definition) is 5. The Labute approximate surface area is 124 Å². The highest BCUT2D eigenvalue weighted by molar-refractivity contribution is 7.89. The largest absolute Gasteiger partial charge is 0.465 e. The van der Waals surface area contributed by atoms with Crippen LogP contribution in [0.3, 0.4) is 0 Å². The summed E-state index contributed by atoms with van der Waals surface area (Å²) in [6, 6.07) is 5.87. The number of ether oxygens (including phenoxy) is 1. The van der Waals surface area contributed by atoms with E-state index in [9.17, 15) is 13.2 Å². The second kappa shape index (κ2) is 7.78. The molecule has 0 heterocycles. The monoisotopic (exact) mass is 311 g/mol. The number of benzene rings is 1. The molecule has 0 aliphatic heterocycles. The Morgan fingerprint density at radius 2 is 1.95 bits per heavy atom. The SMILES string of the molecule is CCOC(=O)CN(C)S(=O)(=O)c1ccc(C#CCO)cc1. The second-order valence-corrected chi connectivity index (χ2v) is 6.10. The van der Waals surface area contributed by atoms with Gasteiger partial charge in [-0.3, -0.25) is 4.79 Å². The molecule has 1 rings (SSSR count). The average Bonchev–Trinajstić information content (AvgIpc) is 2.45. The third kappa shape index (κ3) is 4.86. The standard InChI is InChI=1S/C14H17NO5S/c1-3-20-14(17)11-15(2)21(18,19)13-8-6-12(7-9-13)5-4-10-16/h6-9,16H,3,10-11H2,1-2H3. The van der Waals surface area contributed by atoms with Crippen LogP contribution in [0.4, 0.5) is 0 Å². The van der Waals surface area contributed by atoms with Gasteiger partial charge in [-0.2, -0.15) is 4.31 Å². The van der Waals surface area contributed by atoms with E-state index in [1.807, 2.05) is 0 Å². The highest BCUT2D eigenvalue weighted by Gasteiger charge is 2.23. The summed E-state index contributed by atoms with van der Waals surface area (Å²) in [5.41, 5.74) is 0.594. The number of carbonyl (C=O) groups is 1. The van der Waals surface area contributed by atoms with Crippen LogP contribution in [0, 0.1) is 11.8 Å². The van der Waals surface area contributed by atoms with Gasteiger partial charge in [0.05, 0.1) is 11.5 Å². The number of hydrogen-bond donors (Lipinski definition) is 1. The summed E-state index contributed by atoms with van der Waals surface area (Å²) < 4.78 is 30.1. The molecule has 0 saturated heterocycles. The molecular formula is C14H17NO5S. The Morgan fingerprint density at radius 3 is 2.48 bits per heavy atom.